The molecule has 0 saturated carbocycles. The molecule has 2 rings (SSSR count). The van der Waals surface area contributed by atoms with Crippen LogP contribution in [0, 0.1) is 13.7 Å². The highest BCUT2D eigenvalue weighted by Crippen LogP contribution is 2.30. The Kier molecular flexibility index (Phi) is 4.18. The van der Waals surface area contributed by atoms with Crippen molar-refractivity contribution in [1.82, 2.24) is 0 Å². The minimum absolute atomic E-state index is 0.0447. The maximum absolute atomic E-state index is 11.0. The highest BCUT2D eigenvalue weighted by Gasteiger charge is 2.14. The van der Waals surface area contributed by atoms with E-state index in [2.05, 4.69) is 43.8 Å². The lowest BCUT2D eigenvalue weighted by atomic mass is 10.2. The lowest BCUT2D eigenvalue weighted by molar-refractivity contribution is -0.384. The van der Waals surface area contributed by atoms with Gasteiger partial charge in [0.25, 0.3) is 5.69 Å². The zero-order chi connectivity index (χ0) is 13.1. The van der Waals surface area contributed by atoms with Crippen molar-refractivity contribution in [2.75, 3.05) is 5.32 Å². The summed E-state index contributed by atoms with van der Waals surface area (Å²) in [5.74, 6) is 0. The lowest BCUT2D eigenvalue weighted by Gasteiger charge is -2.07. The first kappa shape index (κ1) is 13.3. The Bertz CT molecular complexity index is 604. The van der Waals surface area contributed by atoms with Gasteiger partial charge in [-0.05, 0) is 52.9 Å². The van der Waals surface area contributed by atoms with Crippen molar-refractivity contribution in [3.05, 3.63) is 60.6 Å². The lowest BCUT2D eigenvalue weighted by Crippen LogP contribution is -1.97. The highest BCUT2D eigenvalue weighted by molar-refractivity contribution is 14.1. The van der Waals surface area contributed by atoms with Gasteiger partial charge in [-0.15, -0.1) is 0 Å². The van der Waals surface area contributed by atoms with Crippen LogP contribution in [0.4, 0.5) is 17.1 Å². The Hall–Kier alpha value is -1.15. The van der Waals surface area contributed by atoms with E-state index < -0.39 is 4.92 Å². The minimum atomic E-state index is -0.402. The van der Waals surface area contributed by atoms with E-state index in [1.165, 1.54) is 6.07 Å². The first-order valence-corrected chi connectivity index (χ1v) is 6.90. The van der Waals surface area contributed by atoms with Crippen LogP contribution in [0.2, 0.25) is 0 Å². The zero-order valence-electron chi connectivity index (χ0n) is 9.06. The largest absolute Gasteiger partial charge is 0.350 e. The Morgan fingerprint density at radius 2 is 2.00 bits per heavy atom. The van der Waals surface area contributed by atoms with Gasteiger partial charge in [0, 0.05) is 19.8 Å². The van der Waals surface area contributed by atoms with Crippen LogP contribution in [0.5, 0.6) is 0 Å². The Labute approximate surface area is 126 Å². The van der Waals surface area contributed by atoms with Crippen molar-refractivity contribution in [3.63, 3.8) is 0 Å². The quantitative estimate of drug-likeness (QED) is 0.446. The summed E-state index contributed by atoms with van der Waals surface area (Å²) >= 11 is 5.42. The molecule has 18 heavy (non-hydrogen) atoms. The van der Waals surface area contributed by atoms with Gasteiger partial charge in [-0.2, -0.15) is 0 Å². The van der Waals surface area contributed by atoms with E-state index in [0.29, 0.717) is 10.2 Å². The van der Waals surface area contributed by atoms with Gasteiger partial charge in [0.05, 0.1) is 4.92 Å². The first-order chi connectivity index (χ1) is 8.56. The Balaban J connectivity index is 2.37. The molecule has 0 fully saturated rings. The summed E-state index contributed by atoms with van der Waals surface area (Å²) in [6, 6.07) is 12.6. The second-order valence-electron chi connectivity index (χ2n) is 3.55. The van der Waals surface area contributed by atoms with Crippen LogP contribution >= 0.6 is 38.5 Å². The van der Waals surface area contributed by atoms with Crippen LogP contribution in [-0.4, -0.2) is 4.92 Å². The van der Waals surface area contributed by atoms with E-state index in [1.54, 1.807) is 12.1 Å². The molecule has 0 unspecified atom stereocenters. The fourth-order valence-corrected chi connectivity index (χ4v) is 2.38. The number of benzene rings is 2. The van der Waals surface area contributed by atoms with E-state index in [0.717, 1.165) is 9.26 Å². The molecule has 0 aromatic heterocycles. The number of nitro groups is 1. The van der Waals surface area contributed by atoms with Gasteiger partial charge in [0.1, 0.15) is 5.69 Å². The molecule has 0 amide bonds. The third-order valence-electron chi connectivity index (χ3n) is 2.26. The summed E-state index contributed by atoms with van der Waals surface area (Å²) < 4.78 is 1.75. The predicted molar refractivity (Wildman–Crippen MR) is 83.2 cm³/mol. The van der Waals surface area contributed by atoms with Crippen LogP contribution < -0.4 is 5.32 Å². The molecule has 4 nitrogen and oxygen atoms in total. The number of anilines is 2. The van der Waals surface area contributed by atoms with Gasteiger partial charge < -0.3 is 5.32 Å². The number of nitrogens with one attached hydrogen (secondary N) is 1. The molecule has 0 saturated heterocycles. The summed E-state index contributed by atoms with van der Waals surface area (Å²) in [5.41, 5.74) is 1.35. The molecule has 0 aliphatic rings. The Morgan fingerprint density at radius 3 is 2.67 bits per heavy atom. The van der Waals surface area contributed by atoms with Crippen LogP contribution in [0.15, 0.2) is 46.9 Å². The van der Waals surface area contributed by atoms with Gasteiger partial charge in [0.15, 0.2) is 0 Å². The topological polar surface area (TPSA) is 55.2 Å². The van der Waals surface area contributed by atoms with E-state index >= 15 is 0 Å². The van der Waals surface area contributed by atoms with Crippen molar-refractivity contribution < 1.29 is 4.92 Å². The van der Waals surface area contributed by atoms with Crippen molar-refractivity contribution in [2.24, 2.45) is 0 Å². The van der Waals surface area contributed by atoms with Crippen molar-refractivity contribution in [2.45, 2.75) is 0 Å². The van der Waals surface area contributed by atoms with Crippen molar-refractivity contribution in [3.8, 4) is 0 Å². The smallest absolute Gasteiger partial charge is 0.293 e. The summed E-state index contributed by atoms with van der Waals surface area (Å²) in [6.45, 7) is 0. The second-order valence-corrected chi connectivity index (χ2v) is 5.72. The van der Waals surface area contributed by atoms with Gasteiger partial charge in [-0.1, -0.05) is 22.0 Å². The minimum Gasteiger partial charge on any atom is -0.350 e. The van der Waals surface area contributed by atoms with Gasteiger partial charge in [-0.25, -0.2) is 0 Å². The van der Waals surface area contributed by atoms with E-state index in [1.807, 2.05) is 24.3 Å². The van der Waals surface area contributed by atoms with Crippen LogP contribution in [0.3, 0.4) is 0 Å². The molecular formula is C12H8BrIN2O2. The number of hydrogen-bond acceptors (Lipinski definition) is 3. The summed E-state index contributed by atoms with van der Waals surface area (Å²) in [5, 5.41) is 14.0. The van der Waals surface area contributed by atoms with Crippen molar-refractivity contribution in [1.29, 1.82) is 0 Å². The van der Waals surface area contributed by atoms with Gasteiger partial charge in [-0.3, -0.25) is 10.1 Å². The third kappa shape index (κ3) is 3.20. The standard InChI is InChI=1S/C12H8BrIN2O2/c13-8-4-5-11(12(6-8)16(17)18)15-10-3-1-2-9(14)7-10/h1-7,15H. The fourth-order valence-electron chi connectivity index (χ4n) is 1.48. The van der Waals surface area contributed by atoms with Gasteiger partial charge >= 0.3 is 0 Å². The Morgan fingerprint density at radius 1 is 1.22 bits per heavy atom. The van der Waals surface area contributed by atoms with Crippen LogP contribution in [0.25, 0.3) is 0 Å². The summed E-state index contributed by atoms with van der Waals surface area (Å²) in [4.78, 5) is 10.6. The average Bonchev–Trinajstić information content (AvgIpc) is 2.31. The van der Waals surface area contributed by atoms with Crippen LogP contribution in [-0.2, 0) is 0 Å². The molecule has 0 aliphatic heterocycles. The number of halogens is 2. The summed E-state index contributed by atoms with van der Waals surface area (Å²) in [6.07, 6.45) is 0. The number of rotatable bonds is 3. The molecule has 2 aromatic rings. The summed E-state index contributed by atoms with van der Waals surface area (Å²) in [7, 11) is 0. The van der Waals surface area contributed by atoms with E-state index in [9.17, 15) is 10.1 Å². The first-order valence-electron chi connectivity index (χ1n) is 5.03. The maximum atomic E-state index is 11.0. The number of nitro benzene ring substituents is 1. The SMILES string of the molecule is O=[N+]([O-])c1cc(Br)ccc1Nc1cccc(I)c1. The molecule has 6 heteroatoms. The van der Waals surface area contributed by atoms with E-state index in [4.69, 9.17) is 0 Å². The monoisotopic (exact) mass is 418 g/mol. The number of nitrogens with zero attached hydrogens (tertiary/aromatic N) is 1. The highest BCUT2D eigenvalue weighted by atomic mass is 127. The van der Waals surface area contributed by atoms with Gasteiger partial charge in [0.2, 0.25) is 0 Å². The molecule has 0 aliphatic carbocycles. The predicted octanol–water partition coefficient (Wildman–Crippen LogP) is 4.71. The molecule has 0 atom stereocenters. The fraction of sp³-hybridized carbons (Fsp3) is 0. The second kappa shape index (κ2) is 5.66. The molecule has 0 bridgehead atoms. The average molecular weight is 419 g/mol. The molecule has 2 aromatic carbocycles. The van der Waals surface area contributed by atoms with Crippen LogP contribution in [0.1, 0.15) is 0 Å². The molecule has 1 N–H and O–H groups in total. The maximum Gasteiger partial charge on any atom is 0.293 e. The normalized spacial score (nSPS) is 10.1. The molecule has 0 heterocycles. The zero-order valence-corrected chi connectivity index (χ0v) is 12.8. The van der Waals surface area contributed by atoms with E-state index in [-0.39, 0.29) is 5.69 Å². The molecule has 0 radical (unpaired) electrons. The third-order valence-corrected chi connectivity index (χ3v) is 3.42. The number of hydrogen-bond donors (Lipinski definition) is 1. The van der Waals surface area contributed by atoms with Crippen molar-refractivity contribution >= 4 is 55.6 Å². The molecular weight excluding hydrogens is 411 g/mol. The molecule has 0 spiro atoms. The molecule has 92 valence electrons.